The van der Waals surface area contributed by atoms with Crippen LogP contribution in [0.15, 0.2) is 29.8 Å². The Morgan fingerprint density at radius 3 is 2.68 bits per heavy atom. The molecule has 0 aliphatic carbocycles. The van der Waals surface area contributed by atoms with E-state index in [9.17, 15) is 0 Å². The summed E-state index contributed by atoms with van der Waals surface area (Å²) in [4.78, 5) is 0. The number of hydrogen-bond donors (Lipinski definition) is 1. The van der Waals surface area contributed by atoms with Crippen LogP contribution in [0.2, 0.25) is 5.02 Å². The van der Waals surface area contributed by atoms with Gasteiger partial charge in [-0.25, -0.2) is 0 Å². The van der Waals surface area contributed by atoms with Gasteiger partial charge in [0.05, 0.1) is 5.02 Å². The van der Waals surface area contributed by atoms with Crippen LogP contribution in [-0.4, -0.2) is 13.2 Å². The Hall–Kier alpha value is -0.990. The number of nitrogens with one attached hydrogen (secondary N) is 1. The Morgan fingerprint density at radius 2 is 2.11 bits per heavy atom. The lowest BCUT2D eigenvalue weighted by molar-refractivity contribution is 0.362. The minimum Gasteiger partial charge on any atom is -0.488 e. The van der Waals surface area contributed by atoms with Gasteiger partial charge in [0.2, 0.25) is 0 Å². The smallest absolute Gasteiger partial charge is 0.138 e. The van der Waals surface area contributed by atoms with Crippen LogP contribution >= 0.6 is 11.6 Å². The zero-order valence-electron chi connectivity index (χ0n) is 12.3. The largest absolute Gasteiger partial charge is 0.488 e. The Morgan fingerprint density at radius 1 is 1.37 bits per heavy atom. The number of halogens is 1. The summed E-state index contributed by atoms with van der Waals surface area (Å²) in [5.41, 5.74) is 2.42. The van der Waals surface area contributed by atoms with Gasteiger partial charge in [-0.1, -0.05) is 37.1 Å². The van der Waals surface area contributed by atoms with E-state index in [2.05, 4.69) is 39.1 Å². The molecule has 0 saturated carbocycles. The van der Waals surface area contributed by atoms with Crippen molar-refractivity contribution in [3.63, 3.8) is 0 Å². The summed E-state index contributed by atoms with van der Waals surface area (Å²) < 4.78 is 5.62. The molecule has 0 atom stereocenters. The predicted molar refractivity (Wildman–Crippen MR) is 82.9 cm³/mol. The van der Waals surface area contributed by atoms with Crippen LogP contribution in [0.3, 0.4) is 0 Å². The van der Waals surface area contributed by atoms with Crippen LogP contribution in [0.1, 0.15) is 33.3 Å². The van der Waals surface area contributed by atoms with Crippen molar-refractivity contribution in [2.45, 2.75) is 34.2 Å². The number of ether oxygens (including phenoxy) is 1. The molecule has 106 valence electrons. The van der Waals surface area contributed by atoms with Crippen LogP contribution in [-0.2, 0) is 6.54 Å². The highest BCUT2D eigenvalue weighted by Gasteiger charge is 2.03. The Balaban J connectivity index is 2.52. The fourth-order valence-corrected chi connectivity index (χ4v) is 1.83. The molecule has 3 heteroatoms. The lowest BCUT2D eigenvalue weighted by Crippen LogP contribution is -2.18. The van der Waals surface area contributed by atoms with Crippen molar-refractivity contribution in [1.82, 2.24) is 5.32 Å². The molecule has 19 heavy (non-hydrogen) atoms. The van der Waals surface area contributed by atoms with Gasteiger partial charge >= 0.3 is 0 Å². The maximum Gasteiger partial charge on any atom is 0.138 e. The number of benzene rings is 1. The third-order valence-corrected chi connectivity index (χ3v) is 2.90. The van der Waals surface area contributed by atoms with E-state index < -0.39 is 0 Å². The van der Waals surface area contributed by atoms with Gasteiger partial charge in [-0.2, -0.15) is 0 Å². The van der Waals surface area contributed by atoms with Crippen molar-refractivity contribution < 1.29 is 4.74 Å². The van der Waals surface area contributed by atoms with E-state index in [1.165, 1.54) is 11.1 Å². The molecular weight excluding hydrogens is 258 g/mol. The SMILES string of the molecule is CC(C)=CCOc1ccc(CNCC(C)C)cc1Cl. The fourth-order valence-electron chi connectivity index (χ4n) is 1.57. The number of rotatable bonds is 7. The third-order valence-electron chi connectivity index (χ3n) is 2.61. The average Bonchev–Trinajstić information content (AvgIpc) is 2.31. The molecule has 0 aromatic heterocycles. The maximum absolute atomic E-state index is 6.21. The summed E-state index contributed by atoms with van der Waals surface area (Å²) in [7, 11) is 0. The summed E-state index contributed by atoms with van der Waals surface area (Å²) in [6.45, 7) is 10.9. The standard InChI is InChI=1S/C16H24ClNO/c1-12(2)7-8-19-16-6-5-14(9-15(16)17)11-18-10-13(3)4/h5-7,9,13,18H,8,10-11H2,1-4H3. The molecule has 2 nitrogen and oxygen atoms in total. The minimum absolute atomic E-state index is 0.562. The van der Waals surface area contributed by atoms with Gasteiger partial charge in [0.15, 0.2) is 0 Å². The monoisotopic (exact) mass is 281 g/mol. The van der Waals surface area contributed by atoms with Crippen LogP contribution in [0.25, 0.3) is 0 Å². The highest BCUT2D eigenvalue weighted by Crippen LogP contribution is 2.25. The van der Waals surface area contributed by atoms with Gasteiger partial charge in [0.1, 0.15) is 12.4 Å². The summed E-state index contributed by atoms with van der Waals surface area (Å²) in [6.07, 6.45) is 2.04. The quantitative estimate of drug-likeness (QED) is 0.747. The van der Waals surface area contributed by atoms with Gasteiger partial charge in [-0.3, -0.25) is 0 Å². The molecule has 1 rings (SSSR count). The fraction of sp³-hybridized carbons (Fsp3) is 0.500. The first kappa shape index (κ1) is 16.1. The van der Waals surface area contributed by atoms with E-state index in [-0.39, 0.29) is 0 Å². The van der Waals surface area contributed by atoms with Crippen molar-refractivity contribution >= 4 is 11.6 Å². The lowest BCUT2D eigenvalue weighted by atomic mass is 10.2. The summed E-state index contributed by atoms with van der Waals surface area (Å²) in [6, 6.07) is 5.96. The second kappa shape index (κ2) is 8.23. The third kappa shape index (κ3) is 6.65. The second-order valence-corrected chi connectivity index (χ2v) is 5.79. The molecule has 0 unspecified atom stereocenters. The highest BCUT2D eigenvalue weighted by atomic mass is 35.5. The van der Waals surface area contributed by atoms with Crippen LogP contribution < -0.4 is 10.1 Å². The minimum atomic E-state index is 0.562. The zero-order chi connectivity index (χ0) is 14.3. The van der Waals surface area contributed by atoms with Gasteiger partial charge in [0, 0.05) is 6.54 Å². The van der Waals surface area contributed by atoms with E-state index in [1.807, 2.05) is 18.2 Å². The first-order valence-corrected chi connectivity index (χ1v) is 7.12. The first-order valence-electron chi connectivity index (χ1n) is 6.74. The molecule has 0 heterocycles. The molecular formula is C16H24ClNO. The lowest BCUT2D eigenvalue weighted by Gasteiger charge is -2.10. The van der Waals surface area contributed by atoms with Crippen LogP contribution in [0, 0.1) is 5.92 Å². The molecule has 1 aromatic rings. The van der Waals surface area contributed by atoms with Gasteiger partial charge in [-0.05, 0) is 50.1 Å². The van der Waals surface area contributed by atoms with Gasteiger partial charge in [0.25, 0.3) is 0 Å². The van der Waals surface area contributed by atoms with E-state index in [0.717, 1.165) is 18.8 Å². The maximum atomic E-state index is 6.21. The van der Waals surface area contributed by atoms with Crippen molar-refractivity contribution in [3.05, 3.63) is 40.4 Å². The van der Waals surface area contributed by atoms with Crippen molar-refractivity contribution in [2.75, 3.05) is 13.2 Å². The Bertz CT molecular complexity index is 423. The van der Waals surface area contributed by atoms with Crippen molar-refractivity contribution in [3.8, 4) is 5.75 Å². The van der Waals surface area contributed by atoms with Crippen molar-refractivity contribution in [2.24, 2.45) is 5.92 Å². The predicted octanol–water partition coefficient (Wildman–Crippen LogP) is 4.43. The van der Waals surface area contributed by atoms with E-state index in [0.29, 0.717) is 17.5 Å². The average molecular weight is 282 g/mol. The summed E-state index contributed by atoms with van der Waals surface area (Å²) >= 11 is 6.21. The topological polar surface area (TPSA) is 21.3 Å². The molecule has 0 bridgehead atoms. The molecule has 0 amide bonds. The zero-order valence-corrected chi connectivity index (χ0v) is 13.1. The normalized spacial score (nSPS) is 10.6. The van der Waals surface area contributed by atoms with Gasteiger partial charge in [-0.15, -0.1) is 0 Å². The van der Waals surface area contributed by atoms with Crippen molar-refractivity contribution in [1.29, 1.82) is 0 Å². The first-order chi connectivity index (χ1) is 8.99. The number of allylic oxidation sites excluding steroid dienone is 1. The molecule has 1 N–H and O–H groups in total. The Labute approximate surface area is 121 Å². The number of hydrogen-bond acceptors (Lipinski definition) is 2. The highest BCUT2D eigenvalue weighted by molar-refractivity contribution is 6.32. The summed E-state index contributed by atoms with van der Waals surface area (Å²) in [5.74, 6) is 1.40. The molecule has 1 aromatic carbocycles. The molecule has 0 radical (unpaired) electrons. The molecule has 0 aliphatic heterocycles. The molecule has 0 saturated heterocycles. The van der Waals surface area contributed by atoms with Gasteiger partial charge < -0.3 is 10.1 Å². The molecule has 0 fully saturated rings. The molecule has 0 aliphatic rings. The molecule has 0 spiro atoms. The van der Waals surface area contributed by atoms with Crippen LogP contribution in [0.5, 0.6) is 5.75 Å². The second-order valence-electron chi connectivity index (χ2n) is 5.38. The van der Waals surface area contributed by atoms with E-state index in [4.69, 9.17) is 16.3 Å². The van der Waals surface area contributed by atoms with E-state index >= 15 is 0 Å². The summed E-state index contributed by atoms with van der Waals surface area (Å²) in [5, 5.41) is 4.07. The van der Waals surface area contributed by atoms with Crippen LogP contribution in [0.4, 0.5) is 0 Å². The van der Waals surface area contributed by atoms with E-state index in [1.54, 1.807) is 0 Å². The Kier molecular flexibility index (Phi) is 6.96.